The van der Waals surface area contributed by atoms with Gasteiger partial charge in [-0.25, -0.2) is 0 Å². The van der Waals surface area contributed by atoms with Gasteiger partial charge in [-0.3, -0.25) is 0 Å². The summed E-state index contributed by atoms with van der Waals surface area (Å²) in [5.41, 5.74) is 2.13. The fraction of sp³-hybridized carbons (Fsp3) is 0.333. The largest absolute Gasteiger partial charge is 0.460 e. The number of aryl methyl sites for hydroxylation is 1. The van der Waals surface area contributed by atoms with E-state index in [2.05, 4.69) is 19.2 Å². The number of halogens is 1. The molecule has 0 aliphatic rings. The molecule has 96 valence electrons. The lowest BCUT2D eigenvalue weighted by Crippen LogP contribution is -2.21. The Hall–Kier alpha value is -1.25. The van der Waals surface area contributed by atoms with Gasteiger partial charge in [0.1, 0.15) is 11.5 Å². The quantitative estimate of drug-likeness (QED) is 0.884. The molecule has 0 atom stereocenters. The monoisotopic (exact) mass is 263 g/mol. The summed E-state index contributed by atoms with van der Waals surface area (Å²) in [5, 5.41) is 4.05. The van der Waals surface area contributed by atoms with Crippen molar-refractivity contribution in [2.75, 3.05) is 0 Å². The third-order valence-electron chi connectivity index (χ3n) is 2.73. The highest BCUT2D eigenvalue weighted by Crippen LogP contribution is 2.30. The van der Waals surface area contributed by atoms with Crippen LogP contribution in [0.4, 0.5) is 0 Å². The van der Waals surface area contributed by atoms with Crippen LogP contribution in [-0.4, -0.2) is 6.04 Å². The Morgan fingerprint density at radius 1 is 1.22 bits per heavy atom. The molecule has 3 heteroatoms. The van der Waals surface area contributed by atoms with Crippen molar-refractivity contribution >= 4 is 11.6 Å². The van der Waals surface area contributed by atoms with Crippen LogP contribution in [-0.2, 0) is 6.54 Å². The SMILES string of the molecule is Cc1ccc(Cl)c(-c2ccc(CNC(C)C)o2)c1. The van der Waals surface area contributed by atoms with E-state index >= 15 is 0 Å². The third kappa shape index (κ3) is 3.15. The molecule has 18 heavy (non-hydrogen) atoms. The molecule has 2 aromatic rings. The summed E-state index contributed by atoms with van der Waals surface area (Å²) in [6.07, 6.45) is 0. The van der Waals surface area contributed by atoms with Crippen molar-refractivity contribution in [2.24, 2.45) is 0 Å². The van der Waals surface area contributed by atoms with Crippen molar-refractivity contribution in [1.82, 2.24) is 5.32 Å². The molecule has 0 saturated carbocycles. The van der Waals surface area contributed by atoms with Crippen LogP contribution in [0.2, 0.25) is 5.02 Å². The molecule has 0 amide bonds. The van der Waals surface area contributed by atoms with Crippen LogP contribution in [0.5, 0.6) is 0 Å². The lowest BCUT2D eigenvalue weighted by Gasteiger charge is -2.05. The molecule has 0 unspecified atom stereocenters. The minimum Gasteiger partial charge on any atom is -0.460 e. The maximum atomic E-state index is 6.19. The first-order valence-corrected chi connectivity index (χ1v) is 6.52. The Morgan fingerprint density at radius 2 is 2.00 bits per heavy atom. The molecular formula is C15H18ClNO. The molecule has 0 bridgehead atoms. The second kappa shape index (κ2) is 5.59. The average molecular weight is 264 g/mol. The van der Waals surface area contributed by atoms with Gasteiger partial charge in [0.05, 0.1) is 11.6 Å². The van der Waals surface area contributed by atoms with Gasteiger partial charge in [0.25, 0.3) is 0 Å². The summed E-state index contributed by atoms with van der Waals surface area (Å²) in [5.74, 6) is 1.75. The first-order chi connectivity index (χ1) is 8.56. The highest BCUT2D eigenvalue weighted by Gasteiger charge is 2.09. The van der Waals surface area contributed by atoms with Crippen LogP contribution >= 0.6 is 11.6 Å². The summed E-state index contributed by atoms with van der Waals surface area (Å²) in [7, 11) is 0. The average Bonchev–Trinajstić information content (AvgIpc) is 2.78. The molecule has 2 rings (SSSR count). The van der Waals surface area contributed by atoms with Gasteiger partial charge in [-0.05, 0) is 31.2 Å². The van der Waals surface area contributed by atoms with Crippen molar-refractivity contribution in [3.8, 4) is 11.3 Å². The van der Waals surface area contributed by atoms with Crippen LogP contribution in [0.25, 0.3) is 11.3 Å². The number of nitrogens with one attached hydrogen (secondary N) is 1. The Bertz CT molecular complexity index is 531. The van der Waals surface area contributed by atoms with E-state index in [0.29, 0.717) is 6.04 Å². The van der Waals surface area contributed by atoms with Gasteiger partial charge in [0.15, 0.2) is 0 Å². The maximum Gasteiger partial charge on any atom is 0.135 e. The lowest BCUT2D eigenvalue weighted by molar-refractivity contribution is 0.473. The highest BCUT2D eigenvalue weighted by atomic mass is 35.5. The molecule has 0 aliphatic carbocycles. The van der Waals surface area contributed by atoms with Crippen molar-refractivity contribution in [2.45, 2.75) is 33.4 Å². The van der Waals surface area contributed by atoms with Crippen LogP contribution in [0, 0.1) is 6.92 Å². The fourth-order valence-corrected chi connectivity index (χ4v) is 1.96. The van der Waals surface area contributed by atoms with Crippen molar-refractivity contribution in [3.05, 3.63) is 46.7 Å². The normalized spacial score (nSPS) is 11.2. The number of rotatable bonds is 4. The second-order valence-corrected chi connectivity index (χ2v) is 5.19. The van der Waals surface area contributed by atoms with E-state index in [1.54, 1.807) is 0 Å². The Morgan fingerprint density at radius 3 is 2.72 bits per heavy atom. The number of hydrogen-bond acceptors (Lipinski definition) is 2. The van der Waals surface area contributed by atoms with E-state index in [9.17, 15) is 0 Å². The van der Waals surface area contributed by atoms with E-state index in [0.717, 1.165) is 28.7 Å². The van der Waals surface area contributed by atoms with E-state index in [4.69, 9.17) is 16.0 Å². The molecule has 1 heterocycles. The summed E-state index contributed by atoms with van der Waals surface area (Å²) in [4.78, 5) is 0. The summed E-state index contributed by atoms with van der Waals surface area (Å²) in [6, 6.07) is 10.3. The molecule has 2 nitrogen and oxygen atoms in total. The van der Waals surface area contributed by atoms with Gasteiger partial charge in [0, 0.05) is 11.6 Å². The summed E-state index contributed by atoms with van der Waals surface area (Å²) >= 11 is 6.19. The minimum atomic E-state index is 0.445. The predicted molar refractivity (Wildman–Crippen MR) is 75.9 cm³/mol. The third-order valence-corrected chi connectivity index (χ3v) is 3.06. The smallest absolute Gasteiger partial charge is 0.135 e. The summed E-state index contributed by atoms with van der Waals surface area (Å²) < 4.78 is 5.81. The summed E-state index contributed by atoms with van der Waals surface area (Å²) in [6.45, 7) is 7.01. The number of furan rings is 1. The van der Waals surface area contributed by atoms with Crippen LogP contribution in [0.1, 0.15) is 25.2 Å². The van der Waals surface area contributed by atoms with Gasteiger partial charge in [-0.1, -0.05) is 37.1 Å². The second-order valence-electron chi connectivity index (χ2n) is 4.78. The van der Waals surface area contributed by atoms with E-state index in [1.165, 1.54) is 5.56 Å². The van der Waals surface area contributed by atoms with Gasteiger partial charge >= 0.3 is 0 Å². The lowest BCUT2D eigenvalue weighted by atomic mass is 10.1. The zero-order valence-electron chi connectivity index (χ0n) is 11.0. The Balaban J connectivity index is 2.21. The first-order valence-electron chi connectivity index (χ1n) is 6.15. The molecular weight excluding hydrogens is 246 g/mol. The number of benzene rings is 1. The molecule has 1 aromatic carbocycles. The minimum absolute atomic E-state index is 0.445. The molecule has 1 aromatic heterocycles. The van der Waals surface area contributed by atoms with E-state index < -0.39 is 0 Å². The number of hydrogen-bond donors (Lipinski definition) is 1. The molecule has 0 saturated heterocycles. The zero-order chi connectivity index (χ0) is 13.1. The van der Waals surface area contributed by atoms with Crippen molar-refractivity contribution in [1.29, 1.82) is 0 Å². The highest BCUT2D eigenvalue weighted by molar-refractivity contribution is 6.33. The van der Waals surface area contributed by atoms with Gasteiger partial charge in [0.2, 0.25) is 0 Å². The standard InChI is InChI=1S/C15H18ClNO/c1-10(2)17-9-12-5-7-15(18-12)13-8-11(3)4-6-14(13)16/h4-8,10,17H,9H2,1-3H3. The molecule has 0 fully saturated rings. The molecule has 0 radical (unpaired) electrons. The van der Waals surface area contributed by atoms with E-state index in [1.807, 2.05) is 37.3 Å². The first kappa shape index (κ1) is 13.2. The van der Waals surface area contributed by atoms with Gasteiger partial charge < -0.3 is 9.73 Å². The van der Waals surface area contributed by atoms with E-state index in [-0.39, 0.29) is 0 Å². The van der Waals surface area contributed by atoms with Gasteiger partial charge in [-0.15, -0.1) is 0 Å². The maximum absolute atomic E-state index is 6.19. The fourth-order valence-electron chi connectivity index (χ4n) is 1.75. The van der Waals surface area contributed by atoms with Crippen molar-refractivity contribution < 1.29 is 4.42 Å². The zero-order valence-corrected chi connectivity index (χ0v) is 11.7. The predicted octanol–water partition coefficient (Wildman–Crippen LogP) is 4.41. The van der Waals surface area contributed by atoms with Crippen LogP contribution in [0.15, 0.2) is 34.7 Å². The van der Waals surface area contributed by atoms with Crippen molar-refractivity contribution in [3.63, 3.8) is 0 Å². The topological polar surface area (TPSA) is 25.2 Å². The Kier molecular flexibility index (Phi) is 4.10. The molecule has 0 aliphatic heterocycles. The van der Waals surface area contributed by atoms with Crippen LogP contribution < -0.4 is 5.32 Å². The molecule has 1 N–H and O–H groups in total. The molecule has 0 spiro atoms. The van der Waals surface area contributed by atoms with Crippen LogP contribution in [0.3, 0.4) is 0 Å². The Labute approximate surface area is 113 Å². The van der Waals surface area contributed by atoms with Gasteiger partial charge in [-0.2, -0.15) is 0 Å².